The van der Waals surface area contributed by atoms with Gasteiger partial charge in [0.2, 0.25) is 11.8 Å². The van der Waals surface area contributed by atoms with Crippen LogP contribution >= 0.6 is 0 Å². The highest BCUT2D eigenvalue weighted by molar-refractivity contribution is 5.75. The number of non-ortho nitro benzene ring substituents is 3. The number of anilines is 4. The number of aliphatic hydroxyl groups excluding tert-OH is 1. The Kier molecular flexibility index (Phi) is 15.7. The quantitative estimate of drug-likeness (QED) is 0.0909. The Labute approximate surface area is 330 Å². The van der Waals surface area contributed by atoms with E-state index in [4.69, 9.17) is 31.8 Å². The molecule has 0 saturated carbocycles. The third kappa shape index (κ3) is 13.6. The summed E-state index contributed by atoms with van der Waals surface area (Å²) in [5, 5.41) is 40.2. The van der Waals surface area contributed by atoms with Crippen LogP contribution in [0.4, 0.5) is 44.2 Å². The van der Waals surface area contributed by atoms with Crippen LogP contribution in [0, 0.1) is 36.2 Å². The van der Waals surface area contributed by atoms with Gasteiger partial charge in [-0.2, -0.15) is 0 Å². The number of amides is 2. The van der Waals surface area contributed by atoms with Gasteiger partial charge in [0.25, 0.3) is 17.1 Å². The van der Waals surface area contributed by atoms with Crippen molar-refractivity contribution in [3.05, 3.63) is 133 Å². The number of nitro groups is 3. The maximum atomic E-state index is 12.2. The van der Waals surface area contributed by atoms with Crippen LogP contribution in [-0.4, -0.2) is 102 Å². The van der Waals surface area contributed by atoms with Crippen molar-refractivity contribution in [3.63, 3.8) is 0 Å². The fourth-order valence-corrected chi connectivity index (χ4v) is 5.49. The molecule has 0 aromatic heterocycles. The lowest BCUT2D eigenvalue weighted by Gasteiger charge is -2.40. The van der Waals surface area contributed by atoms with Crippen LogP contribution < -0.4 is 31.9 Å². The molecule has 0 aliphatic carbocycles. The number of nitrogens with zero attached hydrogens (tertiary/aromatic N) is 6. The smallest absolute Gasteiger partial charge is 0.272 e. The molecule has 3 heterocycles. The summed E-state index contributed by atoms with van der Waals surface area (Å²) in [6.45, 7) is 3.78. The van der Waals surface area contributed by atoms with Gasteiger partial charge in [0.15, 0.2) is 0 Å². The highest BCUT2D eigenvalue weighted by atomic mass is 19.1. The minimum atomic E-state index is -0.636. The monoisotopic (exact) mass is 807 g/mol. The molecular formula is C37H42FN9O11. The number of hydrogen-bond acceptors (Lipinski definition) is 15. The van der Waals surface area contributed by atoms with E-state index >= 15 is 0 Å². The number of halogens is 1. The van der Waals surface area contributed by atoms with Crippen molar-refractivity contribution in [3.8, 4) is 0 Å². The maximum Gasteiger partial charge on any atom is 0.272 e. The number of primary amides is 2. The van der Waals surface area contributed by atoms with Gasteiger partial charge < -0.3 is 46.5 Å². The topological polar surface area (TPSA) is 290 Å². The first-order valence-electron chi connectivity index (χ1n) is 17.5. The van der Waals surface area contributed by atoms with Crippen LogP contribution in [0.5, 0.6) is 0 Å². The Balaban J connectivity index is 0.000000174. The van der Waals surface area contributed by atoms with Crippen molar-refractivity contribution in [1.29, 1.82) is 0 Å². The Bertz CT molecular complexity index is 2060. The lowest BCUT2D eigenvalue weighted by Crippen LogP contribution is -2.53. The molecule has 4 aromatic rings. The Morgan fingerprint density at radius 1 is 0.621 bits per heavy atom. The maximum absolute atomic E-state index is 12.2. The van der Waals surface area contributed by atoms with E-state index in [9.17, 15) is 44.3 Å². The number of carbonyl (C=O) groups excluding carboxylic acids is 2. The number of β-amino-alcohol motifs (C(OH)–C–C–N with tert-alkyl or cyclic N) is 1. The number of ether oxygens (including phenoxy) is 2. The number of carbonyl (C=O) groups is 2. The zero-order valence-electron chi connectivity index (χ0n) is 30.9. The summed E-state index contributed by atoms with van der Waals surface area (Å²) in [5.41, 5.74) is 19.0. The van der Waals surface area contributed by atoms with Crippen molar-refractivity contribution < 1.29 is 43.3 Å². The van der Waals surface area contributed by atoms with Crippen LogP contribution in [0.2, 0.25) is 0 Å². The van der Waals surface area contributed by atoms with E-state index in [0.29, 0.717) is 26.2 Å². The predicted molar refractivity (Wildman–Crippen MR) is 211 cm³/mol. The third-order valence-corrected chi connectivity index (χ3v) is 8.55. The molecule has 3 saturated heterocycles. The van der Waals surface area contributed by atoms with Crippen molar-refractivity contribution in [1.82, 2.24) is 0 Å². The van der Waals surface area contributed by atoms with Crippen LogP contribution in [0.25, 0.3) is 0 Å². The SMILES string of the molecule is NC(=O)COC1CN(c2cccc(N)c2)C1.NC(=O)COC1CN(c2cccc([N+](=O)[O-])c2)C1.O=[N+]([O-])c1cccc(F)c1.O=[N+]([O-])c1cccc(N2CC(O)C2)c1. The Hall–Kier alpha value is -6.97. The van der Waals surface area contributed by atoms with Gasteiger partial charge in [0, 0.05) is 92.3 Å². The first-order chi connectivity index (χ1) is 27.6. The van der Waals surface area contributed by atoms with Gasteiger partial charge in [0.1, 0.15) is 19.0 Å². The molecular weight excluding hydrogens is 765 g/mol. The lowest BCUT2D eigenvalue weighted by molar-refractivity contribution is -0.385. The molecule has 308 valence electrons. The van der Waals surface area contributed by atoms with Gasteiger partial charge in [0.05, 0.1) is 39.1 Å². The van der Waals surface area contributed by atoms with E-state index in [1.165, 1.54) is 36.4 Å². The molecule has 3 fully saturated rings. The fraction of sp³-hybridized carbons (Fsp3) is 0.297. The second kappa shape index (κ2) is 20.8. The number of hydrogen-bond donors (Lipinski definition) is 4. The molecule has 2 amide bonds. The molecule has 0 spiro atoms. The van der Waals surface area contributed by atoms with Gasteiger partial charge in [-0.05, 0) is 36.4 Å². The molecule has 0 radical (unpaired) electrons. The summed E-state index contributed by atoms with van der Waals surface area (Å²) in [4.78, 5) is 56.6. The summed E-state index contributed by atoms with van der Waals surface area (Å²) in [6.07, 6.45) is -0.250. The van der Waals surface area contributed by atoms with Gasteiger partial charge in [-0.25, -0.2) is 4.39 Å². The van der Waals surface area contributed by atoms with E-state index in [2.05, 4.69) is 4.90 Å². The number of nitrogen functional groups attached to an aromatic ring is 1. The fourth-order valence-electron chi connectivity index (χ4n) is 5.49. The van der Waals surface area contributed by atoms with E-state index in [0.717, 1.165) is 48.0 Å². The Morgan fingerprint density at radius 2 is 0.983 bits per heavy atom. The molecule has 20 nitrogen and oxygen atoms in total. The zero-order valence-corrected chi connectivity index (χ0v) is 30.9. The molecule has 7 rings (SSSR count). The number of nitrogens with two attached hydrogens (primary N) is 3. The summed E-state index contributed by atoms with van der Waals surface area (Å²) in [7, 11) is 0. The minimum Gasteiger partial charge on any atom is -0.399 e. The standard InChI is InChI=1S/C11H13N3O4.C11H15N3O2.C9H10N2O3.C6H4FNO2/c12-11(15)7-18-10-5-13(6-10)8-2-1-3-9(4-8)14(16)17;12-8-2-1-3-9(4-8)14-5-10(6-14)16-7-11(13)15;12-9-5-10(6-9)7-2-1-3-8(4-7)11(13)14;7-5-2-1-3-6(4-5)8(9)10/h1-4,10H,5-7H2,(H2,12,15);1-4,10H,5-7,12H2,(H2,13,15);1-4,9,12H,5-6H2;1-4H. The highest BCUT2D eigenvalue weighted by Crippen LogP contribution is 2.27. The van der Waals surface area contributed by atoms with Crippen LogP contribution in [0.15, 0.2) is 97.1 Å². The normalized spacial score (nSPS) is 14.7. The zero-order chi connectivity index (χ0) is 42.4. The van der Waals surface area contributed by atoms with Crippen LogP contribution in [-0.2, 0) is 19.1 Å². The number of aliphatic hydroxyl groups is 1. The predicted octanol–water partition coefficient (Wildman–Crippen LogP) is 2.75. The minimum absolute atomic E-state index is 0.00453. The second-order valence-corrected chi connectivity index (χ2v) is 13.1. The number of nitro benzene ring substituents is 3. The van der Waals surface area contributed by atoms with E-state index in [-0.39, 0.29) is 48.6 Å². The van der Waals surface area contributed by atoms with Gasteiger partial charge in [-0.3, -0.25) is 39.9 Å². The van der Waals surface area contributed by atoms with Crippen LogP contribution in [0.3, 0.4) is 0 Å². The molecule has 0 bridgehead atoms. The summed E-state index contributed by atoms with van der Waals surface area (Å²) in [5.74, 6) is -1.51. The average molecular weight is 808 g/mol. The average Bonchev–Trinajstić information content (AvgIpc) is 3.13. The first-order valence-corrected chi connectivity index (χ1v) is 17.5. The van der Waals surface area contributed by atoms with Crippen molar-refractivity contribution >= 4 is 51.6 Å². The summed E-state index contributed by atoms with van der Waals surface area (Å²) in [6, 6.07) is 25.1. The van der Waals surface area contributed by atoms with E-state index in [1.54, 1.807) is 24.3 Å². The lowest BCUT2D eigenvalue weighted by atomic mass is 10.1. The van der Waals surface area contributed by atoms with Gasteiger partial charge in [-0.1, -0.05) is 24.3 Å². The molecule has 3 aliphatic rings. The molecule has 4 aromatic carbocycles. The van der Waals surface area contributed by atoms with Crippen LogP contribution in [0.1, 0.15) is 0 Å². The molecule has 0 unspecified atom stereocenters. The van der Waals surface area contributed by atoms with E-state index in [1.807, 2.05) is 34.1 Å². The highest BCUT2D eigenvalue weighted by Gasteiger charge is 2.29. The molecule has 58 heavy (non-hydrogen) atoms. The molecule has 3 aliphatic heterocycles. The molecule has 7 N–H and O–H groups in total. The number of rotatable bonds is 12. The third-order valence-electron chi connectivity index (χ3n) is 8.55. The summed E-state index contributed by atoms with van der Waals surface area (Å²) < 4.78 is 22.7. The van der Waals surface area contributed by atoms with Gasteiger partial charge in [-0.15, -0.1) is 0 Å². The van der Waals surface area contributed by atoms with Crippen molar-refractivity contribution in [2.24, 2.45) is 11.5 Å². The molecule has 21 heteroatoms. The van der Waals surface area contributed by atoms with Crippen molar-refractivity contribution in [2.45, 2.75) is 18.3 Å². The first kappa shape index (κ1) is 43.8. The second-order valence-electron chi connectivity index (χ2n) is 13.1. The Morgan fingerprint density at radius 3 is 1.33 bits per heavy atom. The largest absolute Gasteiger partial charge is 0.399 e. The van der Waals surface area contributed by atoms with E-state index < -0.39 is 32.4 Å². The van der Waals surface area contributed by atoms with Crippen molar-refractivity contribution in [2.75, 3.05) is 72.9 Å². The van der Waals surface area contributed by atoms with Gasteiger partial charge >= 0.3 is 0 Å². The molecule has 0 atom stereocenters. The number of benzene rings is 4. The summed E-state index contributed by atoms with van der Waals surface area (Å²) >= 11 is 0.